The molecule has 1 aromatic heterocycles. The van der Waals surface area contributed by atoms with E-state index in [1.54, 1.807) is 13.1 Å². The SMILES string of the molecule is COC(=O)C(C)Nc1ncc(Br)cc1C. The molecule has 0 aliphatic rings. The highest BCUT2D eigenvalue weighted by Crippen LogP contribution is 2.17. The van der Waals surface area contributed by atoms with Crippen molar-refractivity contribution < 1.29 is 9.53 Å². The van der Waals surface area contributed by atoms with Crippen LogP contribution in [0, 0.1) is 6.92 Å². The van der Waals surface area contributed by atoms with Gasteiger partial charge in [0.05, 0.1) is 7.11 Å². The molecule has 0 saturated heterocycles. The second-order valence-electron chi connectivity index (χ2n) is 3.21. The molecule has 0 radical (unpaired) electrons. The third-order valence-electron chi connectivity index (χ3n) is 1.95. The van der Waals surface area contributed by atoms with Gasteiger partial charge in [0.15, 0.2) is 0 Å². The normalized spacial score (nSPS) is 12.0. The van der Waals surface area contributed by atoms with Gasteiger partial charge < -0.3 is 10.1 Å². The Labute approximate surface area is 97.2 Å². The molecule has 0 amide bonds. The fourth-order valence-corrected chi connectivity index (χ4v) is 1.58. The molecule has 0 spiro atoms. The molecule has 1 rings (SSSR count). The number of aryl methyl sites for hydroxylation is 1. The van der Waals surface area contributed by atoms with Crippen molar-refractivity contribution in [3.8, 4) is 0 Å². The van der Waals surface area contributed by atoms with Crippen LogP contribution in [-0.4, -0.2) is 24.1 Å². The lowest BCUT2D eigenvalue weighted by Crippen LogP contribution is -2.27. The van der Waals surface area contributed by atoms with Crippen LogP contribution in [0.4, 0.5) is 5.82 Å². The van der Waals surface area contributed by atoms with Crippen molar-refractivity contribution in [2.45, 2.75) is 19.9 Å². The minimum Gasteiger partial charge on any atom is -0.467 e. The third-order valence-corrected chi connectivity index (χ3v) is 2.39. The zero-order valence-corrected chi connectivity index (χ0v) is 10.5. The first-order valence-electron chi connectivity index (χ1n) is 4.51. The van der Waals surface area contributed by atoms with Crippen LogP contribution in [0.2, 0.25) is 0 Å². The summed E-state index contributed by atoms with van der Waals surface area (Å²) in [7, 11) is 1.36. The monoisotopic (exact) mass is 272 g/mol. The third kappa shape index (κ3) is 3.20. The number of carbonyl (C=O) groups is 1. The largest absolute Gasteiger partial charge is 0.467 e. The minimum absolute atomic E-state index is 0.306. The van der Waals surface area contributed by atoms with Crippen LogP contribution in [0.1, 0.15) is 12.5 Å². The molecular formula is C10H13BrN2O2. The number of rotatable bonds is 3. The number of nitrogens with zero attached hydrogens (tertiary/aromatic N) is 1. The Bertz CT molecular complexity index is 368. The molecular weight excluding hydrogens is 260 g/mol. The summed E-state index contributed by atoms with van der Waals surface area (Å²) in [6.45, 7) is 3.65. The van der Waals surface area contributed by atoms with Gasteiger partial charge in [0.2, 0.25) is 0 Å². The van der Waals surface area contributed by atoms with Crippen molar-refractivity contribution in [1.82, 2.24) is 4.98 Å². The van der Waals surface area contributed by atoms with Crippen LogP contribution in [0.5, 0.6) is 0 Å². The fraction of sp³-hybridized carbons (Fsp3) is 0.400. The number of pyridine rings is 1. The van der Waals surface area contributed by atoms with Crippen LogP contribution >= 0.6 is 15.9 Å². The van der Waals surface area contributed by atoms with Crippen molar-refractivity contribution in [2.75, 3.05) is 12.4 Å². The first kappa shape index (κ1) is 12.0. The van der Waals surface area contributed by atoms with Crippen molar-refractivity contribution >= 4 is 27.7 Å². The van der Waals surface area contributed by atoms with E-state index in [-0.39, 0.29) is 5.97 Å². The number of methoxy groups -OCH3 is 1. The van der Waals surface area contributed by atoms with Gasteiger partial charge in [0, 0.05) is 10.7 Å². The standard InChI is InChI=1S/C10H13BrN2O2/c1-6-4-8(11)5-12-9(6)13-7(2)10(14)15-3/h4-5,7H,1-3H3,(H,12,13). The molecule has 4 nitrogen and oxygen atoms in total. The Morgan fingerprint density at radius 2 is 2.33 bits per heavy atom. The number of esters is 1. The highest BCUT2D eigenvalue weighted by Gasteiger charge is 2.13. The molecule has 1 unspecified atom stereocenters. The van der Waals surface area contributed by atoms with Crippen LogP contribution in [-0.2, 0) is 9.53 Å². The van der Waals surface area contributed by atoms with E-state index in [0.717, 1.165) is 10.0 Å². The maximum atomic E-state index is 11.2. The number of nitrogens with one attached hydrogen (secondary N) is 1. The van der Waals surface area contributed by atoms with Gasteiger partial charge in [0.25, 0.3) is 0 Å². The quantitative estimate of drug-likeness (QED) is 0.857. The van der Waals surface area contributed by atoms with Crippen molar-refractivity contribution in [1.29, 1.82) is 0 Å². The van der Waals surface area contributed by atoms with E-state index in [4.69, 9.17) is 0 Å². The first-order chi connectivity index (χ1) is 7.04. The Kier molecular flexibility index (Phi) is 4.08. The van der Waals surface area contributed by atoms with E-state index in [1.165, 1.54) is 7.11 Å². The van der Waals surface area contributed by atoms with Gasteiger partial charge in [-0.05, 0) is 41.4 Å². The highest BCUT2D eigenvalue weighted by atomic mass is 79.9. The van der Waals surface area contributed by atoms with Crippen LogP contribution in [0.15, 0.2) is 16.7 Å². The van der Waals surface area contributed by atoms with E-state index >= 15 is 0 Å². The van der Waals surface area contributed by atoms with Gasteiger partial charge in [-0.15, -0.1) is 0 Å². The molecule has 0 fully saturated rings. The smallest absolute Gasteiger partial charge is 0.328 e. The molecule has 82 valence electrons. The predicted molar refractivity (Wildman–Crippen MR) is 61.8 cm³/mol. The second kappa shape index (κ2) is 5.11. The van der Waals surface area contributed by atoms with Gasteiger partial charge in [-0.25, -0.2) is 9.78 Å². The van der Waals surface area contributed by atoms with Crippen molar-refractivity contribution in [3.63, 3.8) is 0 Å². The lowest BCUT2D eigenvalue weighted by Gasteiger charge is -2.13. The molecule has 1 atom stereocenters. The number of hydrogen-bond acceptors (Lipinski definition) is 4. The van der Waals surface area contributed by atoms with Gasteiger partial charge >= 0.3 is 5.97 Å². The maximum Gasteiger partial charge on any atom is 0.328 e. The Morgan fingerprint density at radius 1 is 1.67 bits per heavy atom. The lowest BCUT2D eigenvalue weighted by molar-refractivity contribution is -0.141. The number of ether oxygens (including phenoxy) is 1. The first-order valence-corrected chi connectivity index (χ1v) is 5.30. The molecule has 1 N–H and O–H groups in total. The Hall–Kier alpha value is -1.10. The summed E-state index contributed by atoms with van der Waals surface area (Å²) < 4.78 is 5.52. The van der Waals surface area contributed by atoms with E-state index in [0.29, 0.717) is 5.82 Å². The zero-order valence-electron chi connectivity index (χ0n) is 8.87. The van der Waals surface area contributed by atoms with Crippen LogP contribution in [0.25, 0.3) is 0 Å². The zero-order chi connectivity index (χ0) is 11.4. The van der Waals surface area contributed by atoms with E-state index < -0.39 is 6.04 Å². The summed E-state index contributed by atoms with van der Waals surface area (Å²) in [5.74, 6) is 0.384. The van der Waals surface area contributed by atoms with Gasteiger partial charge in [-0.3, -0.25) is 0 Å². The molecule has 0 aliphatic heterocycles. The van der Waals surface area contributed by atoms with Crippen molar-refractivity contribution in [3.05, 3.63) is 22.3 Å². The summed E-state index contributed by atoms with van der Waals surface area (Å²) in [6.07, 6.45) is 1.68. The highest BCUT2D eigenvalue weighted by molar-refractivity contribution is 9.10. The average molecular weight is 273 g/mol. The summed E-state index contributed by atoms with van der Waals surface area (Å²) in [4.78, 5) is 15.3. The van der Waals surface area contributed by atoms with E-state index in [1.807, 2.05) is 13.0 Å². The Balaban J connectivity index is 2.76. The molecule has 15 heavy (non-hydrogen) atoms. The molecule has 0 bridgehead atoms. The molecule has 1 aromatic rings. The van der Waals surface area contributed by atoms with Crippen LogP contribution < -0.4 is 5.32 Å². The maximum absolute atomic E-state index is 11.2. The number of halogens is 1. The second-order valence-corrected chi connectivity index (χ2v) is 4.12. The number of anilines is 1. The van der Waals surface area contributed by atoms with E-state index in [2.05, 4.69) is 31.0 Å². The number of carbonyl (C=O) groups excluding carboxylic acids is 1. The number of hydrogen-bond donors (Lipinski definition) is 1. The van der Waals surface area contributed by atoms with Crippen molar-refractivity contribution in [2.24, 2.45) is 0 Å². The summed E-state index contributed by atoms with van der Waals surface area (Å²) in [5, 5.41) is 2.98. The lowest BCUT2D eigenvalue weighted by atomic mass is 10.2. The van der Waals surface area contributed by atoms with E-state index in [9.17, 15) is 4.79 Å². The molecule has 1 heterocycles. The van der Waals surface area contributed by atoms with Gasteiger partial charge in [-0.1, -0.05) is 0 Å². The van der Waals surface area contributed by atoms with Gasteiger partial charge in [0.1, 0.15) is 11.9 Å². The van der Waals surface area contributed by atoms with Gasteiger partial charge in [-0.2, -0.15) is 0 Å². The molecule has 5 heteroatoms. The summed E-state index contributed by atoms with van der Waals surface area (Å²) in [6, 6.07) is 1.53. The fourth-order valence-electron chi connectivity index (χ4n) is 1.13. The van der Waals surface area contributed by atoms with Crippen LogP contribution in [0.3, 0.4) is 0 Å². The molecule has 0 aromatic carbocycles. The topological polar surface area (TPSA) is 51.2 Å². The Morgan fingerprint density at radius 3 is 2.87 bits per heavy atom. The minimum atomic E-state index is -0.401. The summed E-state index contributed by atoms with van der Waals surface area (Å²) in [5.41, 5.74) is 0.972. The predicted octanol–water partition coefficient (Wildman–Crippen LogP) is 2.13. The number of aromatic nitrogens is 1. The molecule has 0 aliphatic carbocycles. The summed E-state index contributed by atoms with van der Waals surface area (Å²) >= 11 is 3.32. The molecule has 0 saturated carbocycles. The average Bonchev–Trinajstić information content (AvgIpc) is 2.20.